The second-order valence-corrected chi connectivity index (χ2v) is 1.41. The number of hydrogen-bond donors (Lipinski definition) is 0. The SMILES string of the molecule is C[O][Al][CH3].O. The minimum absolute atomic E-state index is 0. The molecule has 0 saturated heterocycles. The maximum Gasteiger partial charge on any atom is 0.419 e. The molecule has 0 heterocycles. The van der Waals surface area contributed by atoms with Crippen molar-refractivity contribution in [3.05, 3.63) is 0 Å². The van der Waals surface area contributed by atoms with Gasteiger partial charge in [0, 0.05) is 7.11 Å². The van der Waals surface area contributed by atoms with Crippen LogP contribution < -0.4 is 0 Å². The van der Waals surface area contributed by atoms with Gasteiger partial charge in [0.15, 0.2) is 0 Å². The summed E-state index contributed by atoms with van der Waals surface area (Å²) in [4.78, 5) is 0. The molecule has 0 aromatic heterocycles. The van der Waals surface area contributed by atoms with E-state index in [-0.39, 0.29) is 21.0 Å². The van der Waals surface area contributed by atoms with Crippen LogP contribution in [0.2, 0.25) is 5.79 Å². The molecule has 3 heteroatoms. The molecule has 0 rings (SSSR count). The molecule has 0 aliphatic heterocycles. The quantitative estimate of drug-likeness (QED) is 0.400. The molecule has 5 heavy (non-hydrogen) atoms. The van der Waals surface area contributed by atoms with Crippen LogP contribution in [0.5, 0.6) is 0 Å². The van der Waals surface area contributed by atoms with Crippen molar-refractivity contribution < 1.29 is 9.26 Å². The van der Waals surface area contributed by atoms with Crippen LogP contribution in [0.3, 0.4) is 0 Å². The average molecular weight is 91.1 g/mol. The fourth-order valence-corrected chi connectivity index (χ4v) is 0. The summed E-state index contributed by atoms with van der Waals surface area (Å²) in [7, 11) is 1.72. The Morgan fingerprint density at radius 1 is 1.60 bits per heavy atom. The van der Waals surface area contributed by atoms with Crippen LogP contribution in [0.25, 0.3) is 0 Å². The smallest absolute Gasteiger partial charge is 0.419 e. The average Bonchev–Trinajstić information content (AvgIpc) is 1.37. The lowest BCUT2D eigenvalue weighted by Crippen LogP contribution is -1.79. The summed E-state index contributed by atoms with van der Waals surface area (Å²) in [5.74, 6) is 2.04. The van der Waals surface area contributed by atoms with E-state index in [2.05, 4.69) is 3.79 Å². The first-order chi connectivity index (χ1) is 1.91. The first kappa shape index (κ1) is 9.07. The molecule has 1 radical (unpaired) electrons. The molecule has 0 aliphatic rings. The van der Waals surface area contributed by atoms with Crippen molar-refractivity contribution in [3.8, 4) is 0 Å². The van der Waals surface area contributed by atoms with Crippen LogP contribution >= 0.6 is 0 Å². The largest absolute Gasteiger partial charge is 0.509 e. The summed E-state index contributed by atoms with van der Waals surface area (Å²) in [5, 5.41) is 0. The zero-order valence-corrected chi connectivity index (χ0v) is 4.64. The molecule has 0 atom stereocenters. The van der Waals surface area contributed by atoms with E-state index >= 15 is 0 Å². The Morgan fingerprint density at radius 2 is 1.80 bits per heavy atom. The van der Waals surface area contributed by atoms with Gasteiger partial charge in [-0.2, -0.15) is 0 Å². The highest BCUT2D eigenvalue weighted by Gasteiger charge is 1.65. The normalized spacial score (nSPS) is 5.20. The van der Waals surface area contributed by atoms with Crippen molar-refractivity contribution in [2.24, 2.45) is 0 Å². The molecule has 0 saturated carbocycles. The third kappa shape index (κ3) is 12.7. The third-order valence-electron chi connectivity index (χ3n) is 0.236. The summed E-state index contributed by atoms with van der Waals surface area (Å²) in [5.41, 5.74) is 0. The first-order valence-corrected chi connectivity index (χ1v) is 2.85. The van der Waals surface area contributed by atoms with Gasteiger partial charge in [0.1, 0.15) is 0 Å². The van der Waals surface area contributed by atoms with Gasteiger partial charge in [-0.25, -0.2) is 0 Å². The second-order valence-electron chi connectivity index (χ2n) is 0.471. The topological polar surface area (TPSA) is 40.7 Å². The van der Waals surface area contributed by atoms with Crippen LogP contribution in [0, 0.1) is 0 Å². The van der Waals surface area contributed by atoms with E-state index in [1.165, 1.54) is 0 Å². The Balaban J connectivity index is 0. The van der Waals surface area contributed by atoms with Crippen LogP contribution in [-0.2, 0) is 3.79 Å². The minimum atomic E-state index is 0. The molecule has 2 N–H and O–H groups in total. The first-order valence-electron chi connectivity index (χ1n) is 1.22. The lowest BCUT2D eigenvalue weighted by atomic mass is 11.8. The predicted octanol–water partition coefficient (Wildman–Crippen LogP) is -0.525. The Labute approximate surface area is 38.5 Å². The van der Waals surface area contributed by atoms with Crippen molar-refractivity contribution in [1.82, 2.24) is 0 Å². The maximum absolute atomic E-state index is 4.62. The molecule has 0 aromatic carbocycles. The van der Waals surface area contributed by atoms with Crippen LogP contribution in [0.4, 0.5) is 0 Å². The van der Waals surface area contributed by atoms with Crippen molar-refractivity contribution in [3.63, 3.8) is 0 Å². The van der Waals surface area contributed by atoms with E-state index in [0.29, 0.717) is 0 Å². The van der Waals surface area contributed by atoms with Crippen molar-refractivity contribution in [2.45, 2.75) is 5.79 Å². The van der Waals surface area contributed by atoms with E-state index in [4.69, 9.17) is 0 Å². The molecular weight excluding hydrogens is 83.0 g/mol. The monoisotopic (exact) mass is 91.0 g/mol. The highest BCUT2D eigenvalue weighted by atomic mass is 27.1. The predicted molar refractivity (Wildman–Crippen MR) is 22.2 cm³/mol. The van der Waals surface area contributed by atoms with Crippen molar-refractivity contribution in [1.29, 1.82) is 0 Å². The highest BCUT2D eigenvalue weighted by molar-refractivity contribution is 6.24. The summed E-state index contributed by atoms with van der Waals surface area (Å²) >= 11 is 0.282. The van der Waals surface area contributed by atoms with Gasteiger partial charge in [0.05, 0.1) is 0 Å². The molecule has 31 valence electrons. The van der Waals surface area contributed by atoms with E-state index in [9.17, 15) is 0 Å². The molecular formula is C2H8AlO2. The van der Waals surface area contributed by atoms with Gasteiger partial charge in [-0.15, -0.1) is 0 Å². The van der Waals surface area contributed by atoms with E-state index in [1.807, 2.05) is 5.79 Å². The van der Waals surface area contributed by atoms with E-state index in [0.717, 1.165) is 0 Å². The maximum atomic E-state index is 4.62. The van der Waals surface area contributed by atoms with Gasteiger partial charge in [-0.05, 0) is 0 Å². The summed E-state index contributed by atoms with van der Waals surface area (Å²) < 4.78 is 4.62. The summed E-state index contributed by atoms with van der Waals surface area (Å²) in [6, 6.07) is 0. The Bertz CT molecular complexity index is 9.61. The molecule has 2 nitrogen and oxygen atoms in total. The highest BCUT2D eigenvalue weighted by Crippen LogP contribution is 1.47. The van der Waals surface area contributed by atoms with Crippen molar-refractivity contribution >= 4 is 15.6 Å². The molecule has 0 aliphatic carbocycles. The third-order valence-corrected chi connectivity index (χ3v) is 0.707. The van der Waals surface area contributed by atoms with Gasteiger partial charge in [-0.1, -0.05) is 5.79 Å². The van der Waals surface area contributed by atoms with Gasteiger partial charge < -0.3 is 9.26 Å². The summed E-state index contributed by atoms with van der Waals surface area (Å²) in [6.07, 6.45) is 0. The Morgan fingerprint density at radius 3 is 1.80 bits per heavy atom. The fraction of sp³-hybridized carbons (Fsp3) is 1.00. The fourth-order valence-electron chi connectivity index (χ4n) is 0. The Hall–Kier alpha value is 0.452. The van der Waals surface area contributed by atoms with Gasteiger partial charge in [-0.3, -0.25) is 0 Å². The van der Waals surface area contributed by atoms with Gasteiger partial charge in [0.25, 0.3) is 0 Å². The number of rotatable bonds is 1. The minimum Gasteiger partial charge on any atom is -0.509 e. The standard InChI is InChI=1S/CH3O.CH3.Al.H2O/c1-2;;;/h1H3;1H3;;1H2/q-1;;+1;. The van der Waals surface area contributed by atoms with Crippen LogP contribution in [0.1, 0.15) is 0 Å². The van der Waals surface area contributed by atoms with E-state index in [1.54, 1.807) is 7.11 Å². The van der Waals surface area contributed by atoms with Gasteiger partial charge in [0.2, 0.25) is 0 Å². The van der Waals surface area contributed by atoms with Crippen LogP contribution in [-0.4, -0.2) is 28.1 Å². The Kier molecular flexibility index (Phi) is 16.0. The molecule has 0 amide bonds. The van der Waals surface area contributed by atoms with Gasteiger partial charge >= 0.3 is 15.6 Å². The van der Waals surface area contributed by atoms with E-state index < -0.39 is 0 Å². The van der Waals surface area contributed by atoms with Crippen LogP contribution in [0.15, 0.2) is 0 Å². The summed E-state index contributed by atoms with van der Waals surface area (Å²) in [6.45, 7) is 0. The second kappa shape index (κ2) is 8.82. The molecule has 0 spiro atoms. The molecule has 0 aromatic rings. The lowest BCUT2D eigenvalue weighted by molar-refractivity contribution is 0.446. The molecule has 0 fully saturated rings. The zero-order valence-electron chi connectivity index (χ0n) is 3.49. The molecule has 0 unspecified atom stereocenters. The lowest BCUT2D eigenvalue weighted by Gasteiger charge is -1.73. The zero-order chi connectivity index (χ0) is 3.41. The number of hydrogen-bond acceptors (Lipinski definition) is 1. The molecule has 0 bridgehead atoms. The van der Waals surface area contributed by atoms with Crippen molar-refractivity contribution in [2.75, 3.05) is 7.11 Å².